The van der Waals surface area contributed by atoms with Crippen molar-refractivity contribution in [3.8, 4) is 11.5 Å². The van der Waals surface area contributed by atoms with Gasteiger partial charge in [0.15, 0.2) is 11.6 Å². The number of benzene rings is 2. The average Bonchev–Trinajstić information content (AvgIpc) is 2.32. The normalized spacial score (nSPS) is 10.3. The van der Waals surface area contributed by atoms with Crippen LogP contribution in [0.5, 0.6) is 11.5 Å². The first-order valence-corrected chi connectivity index (χ1v) is 5.91. The summed E-state index contributed by atoms with van der Waals surface area (Å²) in [6.45, 7) is 0.325. The van der Waals surface area contributed by atoms with Crippen molar-refractivity contribution in [1.29, 1.82) is 0 Å². The first-order valence-electron chi connectivity index (χ1n) is 5.12. The van der Waals surface area contributed by atoms with Crippen molar-refractivity contribution in [2.45, 2.75) is 6.54 Å². The molecule has 2 N–H and O–H groups in total. The van der Waals surface area contributed by atoms with Crippen LogP contribution >= 0.6 is 15.9 Å². The van der Waals surface area contributed by atoms with Gasteiger partial charge in [-0.2, -0.15) is 0 Å². The topological polar surface area (TPSA) is 35.2 Å². The Morgan fingerprint density at radius 1 is 1.06 bits per heavy atom. The molecule has 0 saturated heterocycles. The van der Waals surface area contributed by atoms with Gasteiger partial charge in [0.05, 0.1) is 0 Å². The summed E-state index contributed by atoms with van der Waals surface area (Å²) in [6.07, 6.45) is 0. The van der Waals surface area contributed by atoms with Crippen molar-refractivity contribution in [2.75, 3.05) is 0 Å². The van der Waals surface area contributed by atoms with Crippen LogP contribution < -0.4 is 10.5 Å². The number of rotatable bonds is 3. The molecule has 2 aromatic carbocycles. The summed E-state index contributed by atoms with van der Waals surface area (Å²) < 4.78 is 19.8. The second-order valence-corrected chi connectivity index (χ2v) is 4.31. The predicted octanol–water partition coefficient (Wildman–Crippen LogP) is 3.84. The van der Waals surface area contributed by atoms with Crippen LogP contribution in [-0.4, -0.2) is 0 Å². The fourth-order valence-corrected chi connectivity index (χ4v) is 1.99. The minimum absolute atomic E-state index is 0.195. The van der Waals surface area contributed by atoms with Gasteiger partial charge in [-0.1, -0.05) is 34.1 Å². The Morgan fingerprint density at radius 2 is 1.76 bits per heavy atom. The van der Waals surface area contributed by atoms with E-state index in [1.807, 2.05) is 12.1 Å². The first-order chi connectivity index (χ1) is 8.22. The van der Waals surface area contributed by atoms with E-state index in [1.54, 1.807) is 24.3 Å². The van der Waals surface area contributed by atoms with Gasteiger partial charge in [0.2, 0.25) is 0 Å². The molecule has 0 fully saturated rings. The summed E-state index contributed by atoms with van der Waals surface area (Å²) in [7, 11) is 0. The van der Waals surface area contributed by atoms with Crippen LogP contribution in [0, 0.1) is 5.82 Å². The monoisotopic (exact) mass is 295 g/mol. The van der Waals surface area contributed by atoms with Gasteiger partial charge in [-0.15, -0.1) is 0 Å². The standard InChI is InChI=1S/C13H11BrFNO/c14-10-4-3-7-12(9(10)8-16)17-13-6-2-1-5-11(13)15/h1-7H,8,16H2. The summed E-state index contributed by atoms with van der Waals surface area (Å²) >= 11 is 3.39. The van der Waals surface area contributed by atoms with Crippen molar-refractivity contribution in [3.63, 3.8) is 0 Å². The van der Waals surface area contributed by atoms with E-state index in [2.05, 4.69) is 15.9 Å². The molecule has 0 aliphatic rings. The lowest BCUT2D eigenvalue weighted by atomic mass is 10.2. The molecule has 0 aromatic heterocycles. The van der Waals surface area contributed by atoms with E-state index >= 15 is 0 Å². The van der Waals surface area contributed by atoms with Gasteiger partial charge in [-0.3, -0.25) is 0 Å². The van der Waals surface area contributed by atoms with Gasteiger partial charge in [-0.05, 0) is 24.3 Å². The van der Waals surface area contributed by atoms with Crippen molar-refractivity contribution in [1.82, 2.24) is 0 Å². The van der Waals surface area contributed by atoms with Gasteiger partial charge >= 0.3 is 0 Å². The summed E-state index contributed by atoms with van der Waals surface area (Å²) in [5, 5.41) is 0. The summed E-state index contributed by atoms with van der Waals surface area (Å²) in [5.74, 6) is 0.364. The second-order valence-electron chi connectivity index (χ2n) is 3.45. The number of hydrogen-bond acceptors (Lipinski definition) is 2. The molecule has 0 unspecified atom stereocenters. The Kier molecular flexibility index (Phi) is 3.76. The van der Waals surface area contributed by atoms with Crippen LogP contribution in [0.2, 0.25) is 0 Å². The highest BCUT2D eigenvalue weighted by molar-refractivity contribution is 9.10. The highest BCUT2D eigenvalue weighted by Crippen LogP contribution is 2.31. The molecule has 0 atom stereocenters. The zero-order valence-electron chi connectivity index (χ0n) is 8.99. The van der Waals surface area contributed by atoms with Crippen LogP contribution in [-0.2, 0) is 6.54 Å². The molecule has 2 aromatic rings. The highest BCUT2D eigenvalue weighted by Gasteiger charge is 2.09. The Hall–Kier alpha value is -1.39. The Labute approximate surface area is 107 Å². The van der Waals surface area contributed by atoms with Crippen LogP contribution in [0.15, 0.2) is 46.9 Å². The summed E-state index contributed by atoms with van der Waals surface area (Å²) in [5.41, 5.74) is 6.45. The second kappa shape index (κ2) is 5.29. The lowest BCUT2D eigenvalue weighted by molar-refractivity contribution is 0.437. The minimum Gasteiger partial charge on any atom is -0.454 e. The zero-order valence-corrected chi connectivity index (χ0v) is 10.6. The molecule has 0 radical (unpaired) electrons. The van der Waals surface area contributed by atoms with Gasteiger partial charge in [0.1, 0.15) is 5.75 Å². The fourth-order valence-electron chi connectivity index (χ4n) is 1.48. The molecular formula is C13H11BrFNO. The van der Waals surface area contributed by atoms with E-state index in [0.29, 0.717) is 12.3 Å². The third kappa shape index (κ3) is 2.65. The highest BCUT2D eigenvalue weighted by atomic mass is 79.9. The lowest BCUT2D eigenvalue weighted by Gasteiger charge is -2.11. The Balaban J connectivity index is 2.37. The predicted molar refractivity (Wildman–Crippen MR) is 68.5 cm³/mol. The van der Waals surface area contributed by atoms with Crippen molar-refractivity contribution in [3.05, 3.63) is 58.3 Å². The van der Waals surface area contributed by atoms with Gasteiger partial charge in [-0.25, -0.2) is 4.39 Å². The van der Waals surface area contributed by atoms with Crippen LogP contribution in [0.25, 0.3) is 0 Å². The first kappa shape index (κ1) is 12.1. The quantitative estimate of drug-likeness (QED) is 0.934. The number of ether oxygens (including phenoxy) is 1. The number of nitrogens with two attached hydrogens (primary N) is 1. The smallest absolute Gasteiger partial charge is 0.165 e. The Morgan fingerprint density at radius 3 is 2.47 bits per heavy atom. The lowest BCUT2D eigenvalue weighted by Crippen LogP contribution is -2.01. The maximum Gasteiger partial charge on any atom is 0.165 e. The fraction of sp³-hybridized carbons (Fsp3) is 0.0769. The molecular weight excluding hydrogens is 285 g/mol. The molecule has 4 heteroatoms. The Bertz CT molecular complexity index is 531. The average molecular weight is 296 g/mol. The SMILES string of the molecule is NCc1c(Br)cccc1Oc1ccccc1F. The maximum atomic E-state index is 13.4. The van der Waals surface area contributed by atoms with E-state index in [1.165, 1.54) is 6.07 Å². The van der Waals surface area contributed by atoms with Crippen molar-refractivity contribution >= 4 is 15.9 Å². The summed E-state index contributed by atoms with van der Waals surface area (Å²) in [4.78, 5) is 0. The molecule has 0 saturated carbocycles. The summed E-state index contributed by atoms with van der Waals surface area (Å²) in [6, 6.07) is 11.7. The molecule has 0 aliphatic heterocycles. The van der Waals surface area contributed by atoms with E-state index < -0.39 is 5.82 Å². The van der Waals surface area contributed by atoms with E-state index in [4.69, 9.17) is 10.5 Å². The molecule has 0 amide bonds. The van der Waals surface area contributed by atoms with Crippen LogP contribution in [0.4, 0.5) is 4.39 Å². The van der Waals surface area contributed by atoms with E-state index in [9.17, 15) is 4.39 Å². The van der Waals surface area contributed by atoms with Crippen molar-refractivity contribution in [2.24, 2.45) is 5.73 Å². The van der Waals surface area contributed by atoms with Gasteiger partial charge < -0.3 is 10.5 Å². The van der Waals surface area contributed by atoms with Crippen LogP contribution in [0.3, 0.4) is 0 Å². The van der Waals surface area contributed by atoms with Crippen molar-refractivity contribution < 1.29 is 9.13 Å². The van der Waals surface area contributed by atoms with Crippen LogP contribution in [0.1, 0.15) is 5.56 Å². The molecule has 0 aliphatic carbocycles. The third-order valence-corrected chi connectivity index (χ3v) is 3.08. The molecule has 0 heterocycles. The largest absolute Gasteiger partial charge is 0.454 e. The third-order valence-electron chi connectivity index (χ3n) is 2.34. The molecule has 2 rings (SSSR count). The number of hydrogen-bond donors (Lipinski definition) is 1. The van der Waals surface area contributed by atoms with E-state index in [-0.39, 0.29) is 5.75 Å². The molecule has 2 nitrogen and oxygen atoms in total. The zero-order chi connectivity index (χ0) is 12.3. The molecule has 0 spiro atoms. The number of para-hydroxylation sites is 1. The van der Waals surface area contributed by atoms with E-state index in [0.717, 1.165) is 10.0 Å². The van der Waals surface area contributed by atoms with Gasteiger partial charge in [0, 0.05) is 16.6 Å². The number of halogens is 2. The van der Waals surface area contributed by atoms with Gasteiger partial charge in [0.25, 0.3) is 0 Å². The molecule has 0 bridgehead atoms. The molecule has 88 valence electrons. The maximum absolute atomic E-state index is 13.4. The molecule has 17 heavy (non-hydrogen) atoms. The minimum atomic E-state index is -0.393.